The molecule has 1 heterocycles. The van der Waals surface area contributed by atoms with Crippen molar-refractivity contribution in [3.8, 4) is 0 Å². The van der Waals surface area contributed by atoms with Gasteiger partial charge in [0.15, 0.2) is 0 Å². The fourth-order valence-corrected chi connectivity index (χ4v) is 1.12. The first-order chi connectivity index (χ1) is 9.00. The molecule has 0 unspecified atom stereocenters. The molecule has 102 valence electrons. The largest absolute Gasteiger partial charge is 0.410 e. The Morgan fingerprint density at radius 3 is 2.21 bits per heavy atom. The third-order valence-corrected chi connectivity index (χ3v) is 1.97. The van der Waals surface area contributed by atoms with Crippen molar-refractivity contribution in [1.82, 2.24) is 15.2 Å². The van der Waals surface area contributed by atoms with Crippen LogP contribution in [0, 0.1) is 0 Å². The summed E-state index contributed by atoms with van der Waals surface area (Å²) >= 11 is 0. The van der Waals surface area contributed by atoms with Crippen LogP contribution in [0.4, 0.5) is 0 Å². The van der Waals surface area contributed by atoms with E-state index in [1.807, 2.05) is 39.8 Å². The van der Waals surface area contributed by atoms with Gasteiger partial charge in [0.25, 0.3) is 0 Å². The summed E-state index contributed by atoms with van der Waals surface area (Å²) in [5, 5.41) is 16.1. The van der Waals surface area contributed by atoms with Crippen LogP contribution in [-0.2, 0) is 0 Å². The maximum atomic E-state index is 8.95. The second-order valence-corrected chi connectivity index (χ2v) is 4.51. The van der Waals surface area contributed by atoms with Crippen LogP contribution in [0.2, 0.25) is 0 Å². The van der Waals surface area contributed by atoms with Crippen molar-refractivity contribution in [2.24, 2.45) is 9.98 Å². The van der Waals surface area contributed by atoms with E-state index in [9.17, 15) is 0 Å². The number of para-hydroxylation sites is 1. The van der Waals surface area contributed by atoms with Gasteiger partial charge in [-0.3, -0.25) is 0 Å². The van der Waals surface area contributed by atoms with Gasteiger partial charge in [0.1, 0.15) is 11.0 Å². The molecule has 0 saturated heterocycles. The van der Waals surface area contributed by atoms with Crippen molar-refractivity contribution in [2.45, 2.75) is 39.8 Å². The Morgan fingerprint density at radius 2 is 1.68 bits per heavy atom. The van der Waals surface area contributed by atoms with Crippen LogP contribution in [0.25, 0.3) is 11.0 Å². The predicted molar refractivity (Wildman–Crippen MR) is 74.8 cm³/mol. The molecule has 19 heavy (non-hydrogen) atoms. The summed E-state index contributed by atoms with van der Waals surface area (Å²) in [5.41, 5.74) is 1.33. The van der Waals surface area contributed by atoms with E-state index in [-0.39, 0.29) is 0 Å². The predicted octanol–water partition coefficient (Wildman–Crippen LogP) is 2.65. The van der Waals surface area contributed by atoms with E-state index >= 15 is 0 Å². The highest BCUT2D eigenvalue weighted by Gasteiger charge is 1.98. The van der Waals surface area contributed by atoms with Gasteiger partial charge in [-0.05, 0) is 45.0 Å². The van der Waals surface area contributed by atoms with E-state index in [1.54, 1.807) is 12.1 Å². The molecule has 0 atom stereocenters. The van der Waals surface area contributed by atoms with Crippen LogP contribution < -0.4 is 0 Å². The molecule has 1 aromatic carbocycles. The molecule has 0 aliphatic carbocycles. The second-order valence-electron chi connectivity index (χ2n) is 4.51. The summed E-state index contributed by atoms with van der Waals surface area (Å²) in [7, 11) is 0. The Kier molecular flexibility index (Phi) is 5.70. The maximum absolute atomic E-state index is 8.95. The molecule has 6 heteroatoms. The van der Waals surface area contributed by atoms with Crippen molar-refractivity contribution in [1.29, 1.82) is 0 Å². The molecule has 0 aliphatic heterocycles. The normalized spacial score (nSPS) is 10.0. The van der Waals surface area contributed by atoms with E-state index < -0.39 is 0 Å². The zero-order valence-electron chi connectivity index (χ0n) is 11.6. The zero-order valence-corrected chi connectivity index (χ0v) is 11.6. The SMILES string of the molecule is CC(C)N=C=NC(C)C.On1nnc2ccccc21. The number of fused-ring (bicyclic) bond motifs is 1. The summed E-state index contributed by atoms with van der Waals surface area (Å²) in [6.07, 6.45) is 0. The quantitative estimate of drug-likeness (QED) is 0.667. The molecule has 2 rings (SSSR count). The Hall–Kier alpha value is -2.20. The lowest BCUT2D eigenvalue weighted by Crippen LogP contribution is -1.90. The molecule has 0 radical (unpaired) electrons. The molecule has 1 aromatic heterocycles. The van der Waals surface area contributed by atoms with E-state index in [1.165, 1.54) is 0 Å². The topological polar surface area (TPSA) is 75.7 Å². The lowest BCUT2D eigenvalue weighted by atomic mass is 10.3. The first kappa shape index (κ1) is 14.9. The minimum atomic E-state index is 0.312. The molecule has 0 aliphatic rings. The van der Waals surface area contributed by atoms with Gasteiger partial charge in [-0.15, -0.1) is 5.10 Å². The van der Waals surface area contributed by atoms with Crippen molar-refractivity contribution in [2.75, 3.05) is 0 Å². The minimum Gasteiger partial charge on any atom is -0.410 e. The zero-order chi connectivity index (χ0) is 14.3. The van der Waals surface area contributed by atoms with Gasteiger partial charge in [-0.2, -0.15) is 0 Å². The molecule has 0 spiro atoms. The molecule has 6 nitrogen and oxygen atoms in total. The van der Waals surface area contributed by atoms with E-state index in [0.29, 0.717) is 23.1 Å². The maximum Gasteiger partial charge on any atom is 0.130 e. The fraction of sp³-hybridized carbons (Fsp3) is 0.462. The van der Waals surface area contributed by atoms with Crippen LogP contribution in [-0.4, -0.2) is 38.5 Å². The van der Waals surface area contributed by atoms with Crippen LogP contribution in [0.15, 0.2) is 34.3 Å². The third kappa shape index (κ3) is 5.31. The van der Waals surface area contributed by atoms with E-state index in [2.05, 4.69) is 26.3 Å². The first-order valence-corrected chi connectivity index (χ1v) is 6.15. The highest BCUT2D eigenvalue weighted by atomic mass is 16.5. The molecular weight excluding hydrogens is 242 g/mol. The monoisotopic (exact) mass is 261 g/mol. The lowest BCUT2D eigenvalue weighted by Gasteiger charge is -1.89. The highest BCUT2D eigenvalue weighted by molar-refractivity contribution is 5.73. The van der Waals surface area contributed by atoms with Crippen molar-refractivity contribution in [3.05, 3.63) is 24.3 Å². The van der Waals surface area contributed by atoms with Gasteiger partial charge in [0.2, 0.25) is 0 Å². The van der Waals surface area contributed by atoms with Gasteiger partial charge in [-0.25, -0.2) is 9.98 Å². The molecule has 0 fully saturated rings. The second kappa shape index (κ2) is 7.28. The molecule has 0 amide bonds. The summed E-state index contributed by atoms with van der Waals surface area (Å²) in [4.78, 5) is 8.66. The van der Waals surface area contributed by atoms with Crippen molar-refractivity contribution >= 4 is 17.0 Å². The number of aliphatic imine (C=N–C) groups is 2. The minimum absolute atomic E-state index is 0.312. The molecule has 0 bridgehead atoms. The Morgan fingerprint density at radius 1 is 1.11 bits per heavy atom. The fourth-order valence-electron chi connectivity index (χ4n) is 1.12. The van der Waals surface area contributed by atoms with Crippen LogP contribution in [0.5, 0.6) is 0 Å². The number of aromatic nitrogens is 3. The van der Waals surface area contributed by atoms with Crippen molar-refractivity contribution < 1.29 is 5.21 Å². The van der Waals surface area contributed by atoms with Gasteiger partial charge < -0.3 is 5.21 Å². The molecule has 1 N–H and O–H groups in total. The van der Waals surface area contributed by atoms with Gasteiger partial charge in [0, 0.05) is 0 Å². The summed E-state index contributed by atoms with van der Waals surface area (Å²) in [5.74, 6) is 0. The number of rotatable bonds is 2. The van der Waals surface area contributed by atoms with E-state index in [4.69, 9.17) is 5.21 Å². The first-order valence-electron chi connectivity index (χ1n) is 6.15. The standard InChI is InChI=1S/C7H14N2.C6H5N3O/c1-6(2)8-5-9-7(3)4;10-9-6-4-2-1-3-5(6)7-8-9/h6-7H,1-4H3;1-4,10H. The number of nitrogens with zero attached hydrogens (tertiary/aromatic N) is 5. The average molecular weight is 261 g/mol. The van der Waals surface area contributed by atoms with E-state index in [0.717, 1.165) is 4.85 Å². The van der Waals surface area contributed by atoms with Gasteiger partial charge >= 0.3 is 0 Å². The summed E-state index contributed by atoms with van der Waals surface area (Å²) in [6, 6.07) is 10.5. The summed E-state index contributed by atoms with van der Waals surface area (Å²) in [6.45, 7) is 8.01. The molecule has 0 saturated carbocycles. The number of hydrogen-bond acceptors (Lipinski definition) is 5. The Labute approximate surface area is 112 Å². The smallest absolute Gasteiger partial charge is 0.130 e. The van der Waals surface area contributed by atoms with Crippen molar-refractivity contribution in [3.63, 3.8) is 0 Å². The lowest BCUT2D eigenvalue weighted by molar-refractivity contribution is 0.155. The van der Waals surface area contributed by atoms with Gasteiger partial charge in [0.05, 0.1) is 18.1 Å². The third-order valence-electron chi connectivity index (χ3n) is 1.97. The molecular formula is C13H19N5O. The van der Waals surface area contributed by atoms with Crippen LogP contribution in [0.3, 0.4) is 0 Å². The summed E-state index contributed by atoms with van der Waals surface area (Å²) < 4.78 is 0. The molecule has 2 aromatic rings. The Balaban J connectivity index is 0.000000192. The van der Waals surface area contributed by atoms with Gasteiger partial charge in [-0.1, -0.05) is 17.0 Å². The van der Waals surface area contributed by atoms with Crippen LogP contribution >= 0.6 is 0 Å². The average Bonchev–Trinajstić information content (AvgIpc) is 2.72. The Bertz CT molecular complexity index is 555. The number of hydrogen-bond donors (Lipinski definition) is 1. The highest BCUT2D eigenvalue weighted by Crippen LogP contribution is 2.06. The van der Waals surface area contributed by atoms with Crippen LogP contribution in [0.1, 0.15) is 27.7 Å². The number of benzene rings is 1.